The highest BCUT2D eigenvalue weighted by Gasteiger charge is 2.26. The molecule has 1 aliphatic rings. The summed E-state index contributed by atoms with van der Waals surface area (Å²) in [5.74, 6) is -0.957. The summed E-state index contributed by atoms with van der Waals surface area (Å²) >= 11 is 7.37. The number of amides is 2. The van der Waals surface area contributed by atoms with Crippen LogP contribution in [0.25, 0.3) is 0 Å². The van der Waals surface area contributed by atoms with Crippen LogP contribution < -0.4 is 0 Å². The number of carbonyl (C=O) groups excluding carboxylic acids is 2. The number of benzene rings is 1. The van der Waals surface area contributed by atoms with E-state index in [0.717, 1.165) is 28.8 Å². The molecule has 1 aromatic heterocycles. The fourth-order valence-electron chi connectivity index (χ4n) is 3.42. The van der Waals surface area contributed by atoms with Gasteiger partial charge in [0.15, 0.2) is 0 Å². The van der Waals surface area contributed by atoms with Gasteiger partial charge in [0.05, 0.1) is 19.2 Å². The average Bonchev–Trinajstić information content (AvgIpc) is 3.39. The molecule has 3 rings (SSSR count). The van der Waals surface area contributed by atoms with E-state index in [2.05, 4.69) is 0 Å². The zero-order valence-corrected chi connectivity index (χ0v) is 18.6. The van der Waals surface area contributed by atoms with Crippen molar-refractivity contribution in [1.29, 1.82) is 0 Å². The Balaban J connectivity index is 1.75. The molecule has 0 N–H and O–H groups in total. The largest absolute Gasteiger partial charge is 0.376 e. The van der Waals surface area contributed by atoms with Gasteiger partial charge in [-0.25, -0.2) is 4.39 Å². The molecule has 1 atom stereocenters. The summed E-state index contributed by atoms with van der Waals surface area (Å²) in [6.07, 6.45) is 1.76. The molecule has 0 saturated carbocycles. The van der Waals surface area contributed by atoms with Crippen molar-refractivity contribution in [2.24, 2.45) is 0 Å². The number of hydrogen-bond donors (Lipinski definition) is 0. The van der Waals surface area contributed by atoms with Crippen molar-refractivity contribution in [1.82, 2.24) is 9.80 Å². The second-order valence-electron chi connectivity index (χ2n) is 7.45. The molecule has 1 saturated heterocycles. The Labute approximate surface area is 185 Å². The van der Waals surface area contributed by atoms with Gasteiger partial charge in [-0.3, -0.25) is 9.59 Å². The number of nitrogens with zero attached hydrogens (tertiary/aromatic N) is 2. The molecule has 8 heteroatoms. The van der Waals surface area contributed by atoms with Gasteiger partial charge in [-0.05, 0) is 54.5 Å². The molecule has 162 valence electrons. The number of hydrogen-bond acceptors (Lipinski definition) is 4. The van der Waals surface area contributed by atoms with Crippen molar-refractivity contribution < 1.29 is 18.7 Å². The summed E-state index contributed by atoms with van der Waals surface area (Å²) in [5.41, 5.74) is 1.94. The molecule has 30 heavy (non-hydrogen) atoms. The predicted molar refractivity (Wildman–Crippen MR) is 116 cm³/mol. The molecule has 5 nitrogen and oxygen atoms in total. The third-order valence-electron chi connectivity index (χ3n) is 5.18. The van der Waals surface area contributed by atoms with Gasteiger partial charge < -0.3 is 14.5 Å². The second kappa shape index (κ2) is 10.9. The molecular formula is C22H26ClFN2O3S. The molecule has 1 aliphatic heterocycles. The van der Waals surface area contributed by atoms with Crippen molar-refractivity contribution in [2.45, 2.75) is 39.0 Å². The Morgan fingerprint density at radius 2 is 1.93 bits per heavy atom. The van der Waals surface area contributed by atoms with Crippen LogP contribution in [0, 0.1) is 12.7 Å². The van der Waals surface area contributed by atoms with Gasteiger partial charge in [0.1, 0.15) is 11.7 Å². The van der Waals surface area contributed by atoms with Gasteiger partial charge in [-0.1, -0.05) is 12.1 Å². The number of rotatable bonds is 9. The van der Waals surface area contributed by atoms with E-state index >= 15 is 0 Å². The normalized spacial score (nSPS) is 15.9. The van der Waals surface area contributed by atoms with E-state index in [4.69, 9.17) is 16.3 Å². The van der Waals surface area contributed by atoms with E-state index in [9.17, 15) is 14.0 Å². The molecule has 0 aliphatic carbocycles. The van der Waals surface area contributed by atoms with Crippen molar-refractivity contribution in [3.05, 3.63) is 57.5 Å². The number of thiophene rings is 1. The van der Waals surface area contributed by atoms with E-state index in [1.165, 1.54) is 17.0 Å². The fraction of sp³-hybridized carbons (Fsp3) is 0.455. The van der Waals surface area contributed by atoms with E-state index in [-0.39, 0.29) is 36.2 Å². The van der Waals surface area contributed by atoms with Gasteiger partial charge in [0, 0.05) is 24.6 Å². The predicted octanol–water partition coefficient (Wildman–Crippen LogP) is 3.97. The fourth-order valence-corrected chi connectivity index (χ4v) is 4.51. The lowest BCUT2D eigenvalue weighted by molar-refractivity contribution is -0.141. The zero-order chi connectivity index (χ0) is 21.5. The van der Waals surface area contributed by atoms with Crippen molar-refractivity contribution >= 4 is 34.8 Å². The maximum Gasteiger partial charge on any atom is 0.242 e. The van der Waals surface area contributed by atoms with E-state index < -0.39 is 0 Å². The smallest absolute Gasteiger partial charge is 0.242 e. The third-order valence-corrected chi connectivity index (χ3v) is 6.42. The van der Waals surface area contributed by atoms with Crippen molar-refractivity contribution in [3.8, 4) is 0 Å². The third kappa shape index (κ3) is 6.27. The van der Waals surface area contributed by atoms with Crippen molar-refractivity contribution in [2.75, 3.05) is 25.6 Å². The molecule has 1 unspecified atom stereocenters. The van der Waals surface area contributed by atoms with Gasteiger partial charge in [0.25, 0.3) is 0 Å². The van der Waals surface area contributed by atoms with Crippen LogP contribution in [0.3, 0.4) is 0 Å². The van der Waals surface area contributed by atoms with Crippen molar-refractivity contribution in [3.63, 3.8) is 0 Å². The minimum Gasteiger partial charge on any atom is -0.376 e. The Morgan fingerprint density at radius 3 is 2.53 bits per heavy atom. The van der Waals surface area contributed by atoms with E-state index in [1.807, 2.05) is 18.4 Å². The average molecular weight is 453 g/mol. The maximum absolute atomic E-state index is 13.3. The van der Waals surface area contributed by atoms with Crippen LogP contribution in [0.15, 0.2) is 35.7 Å². The number of aryl methyl sites for hydroxylation is 1. The highest BCUT2D eigenvalue weighted by molar-refractivity contribution is 7.10. The first kappa shape index (κ1) is 22.7. The molecule has 0 bridgehead atoms. The Hall–Kier alpha value is -1.96. The lowest BCUT2D eigenvalue weighted by atomic mass is 10.2. The Kier molecular flexibility index (Phi) is 8.24. The number of halogens is 2. The van der Waals surface area contributed by atoms with Crippen LogP contribution in [0.2, 0.25) is 0 Å². The van der Waals surface area contributed by atoms with Gasteiger partial charge in [-0.2, -0.15) is 0 Å². The first-order valence-corrected chi connectivity index (χ1v) is 11.4. The molecule has 2 amide bonds. The number of ether oxygens (including phenoxy) is 1. The van der Waals surface area contributed by atoms with Crippen LogP contribution in [0.4, 0.5) is 4.39 Å². The monoisotopic (exact) mass is 452 g/mol. The second-order valence-corrected chi connectivity index (χ2v) is 8.71. The molecule has 0 spiro atoms. The van der Waals surface area contributed by atoms with Gasteiger partial charge in [-0.15, -0.1) is 22.9 Å². The van der Waals surface area contributed by atoms with Crippen LogP contribution in [-0.4, -0.2) is 53.3 Å². The van der Waals surface area contributed by atoms with Gasteiger partial charge >= 0.3 is 0 Å². The van der Waals surface area contributed by atoms with Crippen LogP contribution in [0.1, 0.15) is 28.8 Å². The summed E-state index contributed by atoms with van der Waals surface area (Å²) < 4.78 is 18.9. The first-order chi connectivity index (χ1) is 14.5. The summed E-state index contributed by atoms with van der Waals surface area (Å²) in [6, 6.07) is 8.13. The van der Waals surface area contributed by atoms with E-state index in [1.54, 1.807) is 28.4 Å². The Bertz CT molecular complexity index is 852. The van der Waals surface area contributed by atoms with Crippen LogP contribution in [-0.2, 0) is 27.4 Å². The quantitative estimate of drug-likeness (QED) is 0.541. The topological polar surface area (TPSA) is 49.9 Å². The minimum atomic E-state index is -0.318. The standard InChI is InChI=1S/C22H26ClFN2O3S/c1-16-8-10-30-20(16)14-25(12-17-4-6-18(24)7-5-17)22(28)15-26(21(27)11-23)13-19-3-2-9-29-19/h4-8,10,19H,2-3,9,11-15H2,1H3. The molecule has 2 heterocycles. The SMILES string of the molecule is Cc1ccsc1CN(Cc1ccc(F)cc1)C(=O)CN(CC1CCCO1)C(=O)CCl. The maximum atomic E-state index is 13.3. The molecule has 0 radical (unpaired) electrons. The summed E-state index contributed by atoms with van der Waals surface area (Å²) in [4.78, 5) is 29.9. The summed E-state index contributed by atoms with van der Waals surface area (Å²) in [5, 5.41) is 1.99. The highest BCUT2D eigenvalue weighted by Crippen LogP contribution is 2.20. The minimum absolute atomic E-state index is 0.0585. The van der Waals surface area contributed by atoms with Crippen LogP contribution >= 0.6 is 22.9 Å². The molecule has 2 aromatic rings. The van der Waals surface area contributed by atoms with E-state index in [0.29, 0.717) is 26.2 Å². The van der Waals surface area contributed by atoms with Crippen LogP contribution in [0.5, 0.6) is 0 Å². The number of carbonyl (C=O) groups is 2. The summed E-state index contributed by atoms with van der Waals surface area (Å²) in [7, 11) is 0. The summed E-state index contributed by atoms with van der Waals surface area (Å²) in [6.45, 7) is 3.75. The lowest BCUT2D eigenvalue weighted by Crippen LogP contribution is -2.45. The Morgan fingerprint density at radius 1 is 1.17 bits per heavy atom. The first-order valence-electron chi connectivity index (χ1n) is 9.96. The number of alkyl halides is 1. The highest BCUT2D eigenvalue weighted by atomic mass is 35.5. The lowest BCUT2D eigenvalue weighted by Gasteiger charge is -2.29. The molecule has 1 aromatic carbocycles. The molecule has 1 fully saturated rings. The van der Waals surface area contributed by atoms with Gasteiger partial charge in [0.2, 0.25) is 11.8 Å². The molecular weight excluding hydrogens is 427 g/mol. The zero-order valence-electron chi connectivity index (χ0n) is 17.0.